The largest absolute Gasteiger partial charge is 0.507 e. The highest BCUT2D eigenvalue weighted by molar-refractivity contribution is 7.80. The first-order valence-corrected chi connectivity index (χ1v) is 8.40. The van der Waals surface area contributed by atoms with Gasteiger partial charge >= 0.3 is 0 Å². The molecule has 2 rings (SSSR count). The molecule has 1 aromatic rings. The number of hydrogen-bond donors (Lipinski definition) is 3. The highest BCUT2D eigenvalue weighted by Crippen LogP contribution is 2.24. The van der Waals surface area contributed by atoms with Gasteiger partial charge in [0.1, 0.15) is 11.5 Å². The topological polar surface area (TPSA) is 65.9 Å². The van der Waals surface area contributed by atoms with E-state index in [0.717, 1.165) is 6.42 Å². The van der Waals surface area contributed by atoms with E-state index in [1.54, 1.807) is 25.3 Å². The molecule has 0 unspecified atom stereocenters. The van der Waals surface area contributed by atoms with E-state index < -0.39 is 0 Å². The molecular weight excluding hydrogens is 310 g/mol. The molecule has 0 amide bonds. The van der Waals surface area contributed by atoms with Crippen LogP contribution in [0.2, 0.25) is 0 Å². The van der Waals surface area contributed by atoms with Gasteiger partial charge in [-0.25, -0.2) is 0 Å². The summed E-state index contributed by atoms with van der Waals surface area (Å²) in [4.78, 5) is 0. The number of phenolic OH excluding ortho intramolecular Hbond substituents is 1. The normalized spacial score (nSPS) is 21.6. The maximum Gasteiger partial charge on any atom is 0.187 e. The van der Waals surface area contributed by atoms with Crippen molar-refractivity contribution >= 4 is 23.0 Å². The number of hydrogen-bond acceptors (Lipinski definition) is 4. The fourth-order valence-corrected chi connectivity index (χ4v) is 3.07. The summed E-state index contributed by atoms with van der Waals surface area (Å²) in [5.41, 5.74) is 4.17. The van der Waals surface area contributed by atoms with Crippen LogP contribution in [0.1, 0.15) is 45.1 Å². The maximum atomic E-state index is 10.0. The Kier molecular flexibility index (Phi) is 6.21. The van der Waals surface area contributed by atoms with Crippen LogP contribution in [0.4, 0.5) is 0 Å². The summed E-state index contributed by atoms with van der Waals surface area (Å²) < 4.78 is 5.08. The molecule has 126 valence electrons. The number of thiocarbonyl (C=S) groups is 1. The second-order valence-corrected chi connectivity index (χ2v) is 6.44. The molecule has 6 heteroatoms. The Labute approximate surface area is 143 Å². The molecule has 23 heavy (non-hydrogen) atoms. The second-order valence-electron chi connectivity index (χ2n) is 6.03. The summed E-state index contributed by atoms with van der Waals surface area (Å²) in [5.74, 6) is 1.36. The van der Waals surface area contributed by atoms with Crippen LogP contribution in [0.25, 0.3) is 0 Å². The first-order chi connectivity index (χ1) is 11.0. The number of benzene rings is 1. The van der Waals surface area contributed by atoms with Crippen LogP contribution < -0.4 is 15.5 Å². The van der Waals surface area contributed by atoms with Crippen LogP contribution in [0, 0.1) is 5.92 Å². The molecule has 0 radical (unpaired) electrons. The molecule has 0 spiro atoms. The van der Waals surface area contributed by atoms with Gasteiger partial charge in [0.15, 0.2) is 5.11 Å². The van der Waals surface area contributed by atoms with Crippen molar-refractivity contribution in [1.29, 1.82) is 0 Å². The third kappa shape index (κ3) is 4.82. The summed E-state index contributed by atoms with van der Waals surface area (Å²) in [6.07, 6.45) is 4.92. The Balaban J connectivity index is 1.94. The van der Waals surface area contributed by atoms with Crippen molar-refractivity contribution in [3.05, 3.63) is 23.8 Å². The Hall–Kier alpha value is -1.82. The number of nitrogens with zero attached hydrogens (tertiary/aromatic N) is 1. The van der Waals surface area contributed by atoms with Gasteiger partial charge in [-0.15, -0.1) is 0 Å². The van der Waals surface area contributed by atoms with E-state index in [0.29, 0.717) is 34.1 Å². The van der Waals surface area contributed by atoms with E-state index in [2.05, 4.69) is 22.8 Å². The Morgan fingerprint density at radius 1 is 1.35 bits per heavy atom. The van der Waals surface area contributed by atoms with Gasteiger partial charge in [0.25, 0.3) is 0 Å². The van der Waals surface area contributed by atoms with E-state index in [1.807, 2.05) is 6.92 Å². The van der Waals surface area contributed by atoms with Crippen molar-refractivity contribution in [1.82, 2.24) is 10.7 Å². The lowest BCUT2D eigenvalue weighted by molar-refractivity contribution is 0.308. The Morgan fingerprint density at radius 3 is 2.74 bits per heavy atom. The average Bonchev–Trinajstić information content (AvgIpc) is 2.54. The van der Waals surface area contributed by atoms with Crippen molar-refractivity contribution < 1.29 is 9.84 Å². The van der Waals surface area contributed by atoms with Crippen LogP contribution in [0.3, 0.4) is 0 Å². The number of nitrogens with one attached hydrogen (secondary N) is 2. The quantitative estimate of drug-likeness (QED) is 0.448. The van der Waals surface area contributed by atoms with Crippen LogP contribution in [-0.2, 0) is 0 Å². The van der Waals surface area contributed by atoms with E-state index in [-0.39, 0.29) is 5.75 Å². The van der Waals surface area contributed by atoms with Gasteiger partial charge in [-0.05, 0) is 50.0 Å². The SMILES string of the molecule is COc1ccc(/C(C)=N/NC(=S)N[C@@H]2CCCC[C@H]2C)c(O)c1. The molecule has 2 atom stereocenters. The van der Waals surface area contributed by atoms with E-state index in [4.69, 9.17) is 17.0 Å². The number of rotatable bonds is 4. The fourth-order valence-electron chi connectivity index (χ4n) is 2.87. The monoisotopic (exact) mass is 335 g/mol. The maximum absolute atomic E-state index is 10.0. The number of aromatic hydroxyl groups is 1. The van der Waals surface area contributed by atoms with Gasteiger partial charge in [0.05, 0.1) is 12.8 Å². The van der Waals surface area contributed by atoms with Crippen LogP contribution in [-0.4, -0.2) is 29.1 Å². The minimum atomic E-state index is 0.132. The van der Waals surface area contributed by atoms with Crippen molar-refractivity contribution in [2.24, 2.45) is 11.0 Å². The van der Waals surface area contributed by atoms with Crippen LogP contribution >= 0.6 is 12.2 Å². The van der Waals surface area contributed by atoms with Gasteiger partial charge in [0, 0.05) is 17.7 Å². The standard InChI is InChI=1S/C17H25N3O2S/c1-11-6-4-5-7-15(11)18-17(23)20-19-12(2)14-9-8-13(22-3)10-16(14)21/h8-11,15,21H,4-7H2,1-3H3,(H2,18,20,23)/b19-12+/t11-,15-/m1/s1. The zero-order valence-electron chi connectivity index (χ0n) is 13.9. The first kappa shape index (κ1) is 17.5. The van der Waals surface area contributed by atoms with Crippen LogP contribution in [0.15, 0.2) is 23.3 Å². The molecule has 0 saturated heterocycles. The lowest BCUT2D eigenvalue weighted by Crippen LogP contribution is -2.44. The van der Waals surface area contributed by atoms with Crippen LogP contribution in [0.5, 0.6) is 11.5 Å². The number of methoxy groups -OCH3 is 1. The van der Waals surface area contributed by atoms with Gasteiger partial charge in [0.2, 0.25) is 0 Å². The zero-order chi connectivity index (χ0) is 16.8. The second kappa shape index (κ2) is 8.15. The minimum absolute atomic E-state index is 0.132. The van der Waals surface area contributed by atoms with Crippen molar-refractivity contribution in [3.8, 4) is 11.5 Å². The zero-order valence-corrected chi connectivity index (χ0v) is 14.7. The van der Waals surface area contributed by atoms with Crippen molar-refractivity contribution in [2.45, 2.75) is 45.6 Å². The lowest BCUT2D eigenvalue weighted by Gasteiger charge is -2.30. The smallest absolute Gasteiger partial charge is 0.187 e. The van der Waals surface area contributed by atoms with Crippen molar-refractivity contribution in [2.75, 3.05) is 7.11 Å². The predicted octanol–water partition coefficient (Wildman–Crippen LogP) is 3.17. The van der Waals surface area contributed by atoms with Gasteiger partial charge < -0.3 is 15.2 Å². The summed E-state index contributed by atoms with van der Waals surface area (Å²) in [6.45, 7) is 4.07. The minimum Gasteiger partial charge on any atom is -0.507 e. The number of phenols is 1. The van der Waals surface area contributed by atoms with Crippen molar-refractivity contribution in [3.63, 3.8) is 0 Å². The average molecular weight is 335 g/mol. The van der Waals surface area contributed by atoms with E-state index in [1.165, 1.54) is 19.3 Å². The Morgan fingerprint density at radius 2 is 2.09 bits per heavy atom. The summed E-state index contributed by atoms with van der Waals surface area (Å²) in [6, 6.07) is 5.53. The molecule has 1 aliphatic carbocycles. The molecule has 5 nitrogen and oxygen atoms in total. The third-order valence-electron chi connectivity index (χ3n) is 4.35. The molecule has 0 bridgehead atoms. The summed E-state index contributed by atoms with van der Waals surface area (Å²) in [7, 11) is 1.56. The molecule has 0 aliphatic heterocycles. The molecule has 1 fully saturated rings. The molecule has 3 N–H and O–H groups in total. The Bertz CT molecular complexity index is 589. The van der Waals surface area contributed by atoms with Gasteiger partial charge in [-0.3, -0.25) is 5.43 Å². The molecular formula is C17H25N3O2S. The molecule has 1 saturated carbocycles. The van der Waals surface area contributed by atoms with E-state index >= 15 is 0 Å². The summed E-state index contributed by atoms with van der Waals surface area (Å²) in [5, 5.41) is 18.1. The highest BCUT2D eigenvalue weighted by Gasteiger charge is 2.21. The summed E-state index contributed by atoms with van der Waals surface area (Å²) >= 11 is 5.32. The number of ether oxygens (including phenoxy) is 1. The van der Waals surface area contributed by atoms with E-state index in [9.17, 15) is 5.11 Å². The molecule has 1 aliphatic rings. The predicted molar refractivity (Wildman–Crippen MR) is 97.2 cm³/mol. The molecule has 0 aromatic heterocycles. The first-order valence-electron chi connectivity index (χ1n) is 7.99. The van der Waals surface area contributed by atoms with Gasteiger partial charge in [-0.1, -0.05) is 19.8 Å². The molecule has 0 heterocycles. The third-order valence-corrected chi connectivity index (χ3v) is 4.56. The number of hydrazone groups is 1. The van der Waals surface area contributed by atoms with Gasteiger partial charge in [-0.2, -0.15) is 5.10 Å². The highest BCUT2D eigenvalue weighted by atomic mass is 32.1. The fraction of sp³-hybridized carbons (Fsp3) is 0.529. The molecule has 1 aromatic carbocycles. The lowest BCUT2D eigenvalue weighted by atomic mass is 9.86.